The van der Waals surface area contributed by atoms with Gasteiger partial charge in [-0.2, -0.15) is 5.10 Å². The van der Waals surface area contributed by atoms with Crippen LogP contribution in [0.3, 0.4) is 0 Å². The first-order valence-electron chi connectivity index (χ1n) is 7.49. The van der Waals surface area contributed by atoms with Crippen LogP contribution in [0.1, 0.15) is 5.56 Å². The summed E-state index contributed by atoms with van der Waals surface area (Å²) in [6.45, 7) is 0.156. The summed E-state index contributed by atoms with van der Waals surface area (Å²) >= 11 is 1.41. The second-order valence-electron chi connectivity index (χ2n) is 5.20. The summed E-state index contributed by atoms with van der Waals surface area (Å²) in [4.78, 5) is 16.3. The van der Waals surface area contributed by atoms with E-state index in [0.29, 0.717) is 5.13 Å². The molecule has 9 heteroatoms. The lowest BCUT2D eigenvalue weighted by Crippen LogP contribution is -2.37. The summed E-state index contributed by atoms with van der Waals surface area (Å²) in [6, 6.07) is 15.3. The fourth-order valence-corrected chi connectivity index (χ4v) is 3.17. The number of amides is 1. The number of rotatable bonds is 4. The molecule has 0 saturated heterocycles. The van der Waals surface area contributed by atoms with E-state index in [1.807, 2.05) is 48.5 Å². The molecule has 0 fully saturated rings. The number of benzene rings is 2. The van der Waals surface area contributed by atoms with E-state index in [1.165, 1.54) is 11.3 Å². The van der Waals surface area contributed by atoms with Crippen molar-refractivity contribution in [3.63, 3.8) is 0 Å². The fraction of sp³-hybridized carbons (Fsp3) is 0.0625. The Labute approximate surface area is 147 Å². The van der Waals surface area contributed by atoms with Gasteiger partial charge in [-0.1, -0.05) is 35.6 Å². The number of carbonyl (C=O) groups is 1. The molecule has 8 nitrogen and oxygen atoms in total. The van der Waals surface area contributed by atoms with Gasteiger partial charge in [-0.3, -0.25) is 5.32 Å². The smallest absolute Gasteiger partial charge is 0.413 e. The van der Waals surface area contributed by atoms with Crippen LogP contribution in [0.4, 0.5) is 15.6 Å². The molecule has 3 N–H and O–H groups in total. The molecule has 3 aromatic rings. The number of hydrazone groups is 1. The second-order valence-corrected chi connectivity index (χ2v) is 6.23. The van der Waals surface area contributed by atoms with Crippen LogP contribution in [0.5, 0.6) is 0 Å². The number of hydrogen-bond acceptors (Lipinski definition) is 8. The zero-order chi connectivity index (χ0) is 17.1. The minimum absolute atomic E-state index is 0.156. The molecule has 0 unspecified atom stereocenters. The normalized spacial score (nSPS) is 13.0. The van der Waals surface area contributed by atoms with Gasteiger partial charge in [0.05, 0.1) is 15.9 Å². The van der Waals surface area contributed by atoms with Crippen molar-refractivity contribution in [2.75, 3.05) is 10.3 Å². The summed E-state index contributed by atoms with van der Waals surface area (Å²) in [7, 11) is 0. The molecule has 0 bridgehead atoms. The van der Waals surface area contributed by atoms with Crippen LogP contribution in [0.2, 0.25) is 0 Å². The van der Waals surface area contributed by atoms with Gasteiger partial charge in [0.2, 0.25) is 0 Å². The average molecular weight is 354 g/mol. The molecule has 2 aromatic carbocycles. The molecule has 0 spiro atoms. The van der Waals surface area contributed by atoms with Gasteiger partial charge < -0.3 is 4.74 Å². The molecule has 4 rings (SSSR count). The maximum absolute atomic E-state index is 12.0. The summed E-state index contributed by atoms with van der Waals surface area (Å²) in [5, 5.41) is 8.74. The zero-order valence-corrected chi connectivity index (χ0v) is 13.8. The third kappa shape index (κ3) is 3.52. The minimum atomic E-state index is -0.535. The summed E-state index contributed by atoms with van der Waals surface area (Å²) in [5.41, 5.74) is 8.05. The van der Waals surface area contributed by atoms with E-state index < -0.39 is 6.09 Å². The number of aromatic nitrogens is 1. The molecule has 1 aromatic heterocycles. The van der Waals surface area contributed by atoms with Crippen LogP contribution in [-0.4, -0.2) is 17.4 Å². The highest BCUT2D eigenvalue weighted by molar-refractivity contribution is 7.22. The number of para-hydroxylation sites is 1. The molecule has 1 aliphatic heterocycles. The van der Waals surface area contributed by atoms with Crippen LogP contribution in [0.15, 0.2) is 53.6 Å². The van der Waals surface area contributed by atoms with Crippen molar-refractivity contribution in [1.29, 1.82) is 0 Å². The summed E-state index contributed by atoms with van der Waals surface area (Å²) in [6.07, 6.45) is 1.08. The van der Waals surface area contributed by atoms with Gasteiger partial charge in [0.15, 0.2) is 5.13 Å². The highest BCUT2D eigenvalue weighted by atomic mass is 32.1. The Balaban J connectivity index is 1.36. The minimum Gasteiger partial charge on any atom is -0.444 e. The molecular weight excluding hydrogens is 340 g/mol. The van der Waals surface area contributed by atoms with E-state index in [2.05, 4.69) is 26.5 Å². The first kappa shape index (κ1) is 15.4. The third-order valence-corrected chi connectivity index (χ3v) is 4.42. The molecule has 2 heterocycles. The van der Waals surface area contributed by atoms with Crippen molar-refractivity contribution in [3.8, 4) is 0 Å². The summed E-state index contributed by atoms with van der Waals surface area (Å²) in [5.74, 6) is 0. The van der Waals surface area contributed by atoms with E-state index in [-0.39, 0.29) is 6.61 Å². The van der Waals surface area contributed by atoms with Gasteiger partial charge >= 0.3 is 6.09 Å². The molecule has 0 saturated carbocycles. The number of hydrazine groups is 2. The van der Waals surface area contributed by atoms with Crippen molar-refractivity contribution in [2.24, 2.45) is 5.10 Å². The van der Waals surface area contributed by atoms with Crippen molar-refractivity contribution in [1.82, 2.24) is 16.1 Å². The van der Waals surface area contributed by atoms with Gasteiger partial charge in [-0.05, 0) is 29.8 Å². The lowest BCUT2D eigenvalue weighted by atomic mass is 10.2. The Morgan fingerprint density at radius 1 is 1.24 bits per heavy atom. The van der Waals surface area contributed by atoms with E-state index >= 15 is 0 Å². The predicted octanol–water partition coefficient (Wildman–Crippen LogP) is 2.82. The number of fused-ring (bicyclic) bond motifs is 1. The molecule has 0 radical (unpaired) electrons. The van der Waals surface area contributed by atoms with Gasteiger partial charge in [-0.15, -0.1) is 5.53 Å². The van der Waals surface area contributed by atoms with Crippen molar-refractivity contribution < 1.29 is 9.53 Å². The zero-order valence-electron chi connectivity index (χ0n) is 13.0. The van der Waals surface area contributed by atoms with Gasteiger partial charge in [0.25, 0.3) is 0 Å². The average Bonchev–Trinajstić information content (AvgIpc) is 3.29. The maximum atomic E-state index is 12.0. The SMILES string of the molecule is O=C(Nc1nc2ccccc2s1)OCc1cccc(N2C=NNN2)c1. The topological polar surface area (TPSA) is 90.9 Å². The lowest BCUT2D eigenvalue weighted by molar-refractivity contribution is 0.155. The largest absolute Gasteiger partial charge is 0.444 e. The van der Waals surface area contributed by atoms with Gasteiger partial charge in [0, 0.05) is 0 Å². The summed E-state index contributed by atoms with van der Waals surface area (Å²) < 4.78 is 6.29. The van der Waals surface area contributed by atoms with E-state index in [9.17, 15) is 4.79 Å². The number of carbonyl (C=O) groups excluding carboxylic acids is 1. The monoisotopic (exact) mass is 354 g/mol. The molecule has 25 heavy (non-hydrogen) atoms. The van der Waals surface area contributed by atoms with Crippen LogP contribution in [-0.2, 0) is 11.3 Å². The number of anilines is 2. The lowest BCUT2D eigenvalue weighted by Gasteiger charge is -2.14. The first-order chi connectivity index (χ1) is 12.3. The van der Waals surface area contributed by atoms with E-state index in [1.54, 1.807) is 11.3 Å². The number of hydrogen-bond donors (Lipinski definition) is 3. The number of thiazole rings is 1. The van der Waals surface area contributed by atoms with Crippen LogP contribution in [0, 0.1) is 0 Å². The van der Waals surface area contributed by atoms with Crippen molar-refractivity contribution >= 4 is 44.8 Å². The Kier molecular flexibility index (Phi) is 4.15. The van der Waals surface area contributed by atoms with Crippen LogP contribution < -0.4 is 21.4 Å². The molecular formula is C16H14N6O2S. The van der Waals surface area contributed by atoms with Crippen molar-refractivity contribution in [2.45, 2.75) is 6.61 Å². The molecule has 0 aliphatic carbocycles. The quantitative estimate of drug-likeness (QED) is 0.667. The highest BCUT2D eigenvalue weighted by Crippen LogP contribution is 2.25. The maximum Gasteiger partial charge on any atom is 0.413 e. The fourth-order valence-electron chi connectivity index (χ4n) is 2.32. The third-order valence-electron chi connectivity index (χ3n) is 3.47. The molecule has 1 amide bonds. The standard InChI is InChI=1S/C16H14N6O2S/c23-16(19-15-18-13-6-1-2-7-14(13)25-15)24-9-11-4-3-5-12(8-11)22-10-17-20-21-22/h1-8,10,20-21H,9H2,(H,18,19,23). The Hall–Kier alpha value is -3.17. The molecule has 126 valence electrons. The number of ether oxygens (including phenoxy) is 1. The molecule has 0 atom stereocenters. The predicted molar refractivity (Wildman–Crippen MR) is 97.1 cm³/mol. The second kappa shape index (κ2) is 6.75. The van der Waals surface area contributed by atoms with Gasteiger partial charge in [0.1, 0.15) is 12.9 Å². The Bertz CT molecular complexity index is 908. The number of nitrogens with one attached hydrogen (secondary N) is 3. The van der Waals surface area contributed by atoms with Gasteiger partial charge in [-0.25, -0.2) is 20.3 Å². The highest BCUT2D eigenvalue weighted by Gasteiger charge is 2.10. The Morgan fingerprint density at radius 2 is 2.16 bits per heavy atom. The van der Waals surface area contributed by atoms with Crippen LogP contribution >= 0.6 is 11.3 Å². The first-order valence-corrected chi connectivity index (χ1v) is 8.31. The van der Waals surface area contributed by atoms with E-state index in [4.69, 9.17) is 4.74 Å². The Morgan fingerprint density at radius 3 is 3.00 bits per heavy atom. The number of nitrogens with zero attached hydrogens (tertiary/aromatic N) is 3. The molecule has 1 aliphatic rings. The van der Waals surface area contributed by atoms with Crippen LogP contribution in [0.25, 0.3) is 10.2 Å². The van der Waals surface area contributed by atoms with E-state index in [0.717, 1.165) is 21.5 Å². The van der Waals surface area contributed by atoms with Crippen molar-refractivity contribution in [3.05, 3.63) is 54.1 Å².